The first-order chi connectivity index (χ1) is 11.9. The van der Waals surface area contributed by atoms with E-state index in [-0.39, 0.29) is 12.4 Å². The van der Waals surface area contributed by atoms with Crippen LogP contribution in [0.2, 0.25) is 0 Å². The van der Waals surface area contributed by atoms with E-state index in [1.807, 2.05) is 32.1 Å². The van der Waals surface area contributed by atoms with E-state index >= 15 is 0 Å². The predicted molar refractivity (Wildman–Crippen MR) is 103 cm³/mol. The average molecular weight is 340 g/mol. The van der Waals surface area contributed by atoms with Gasteiger partial charge in [-0.3, -0.25) is 0 Å². The maximum Gasteiger partial charge on any atom is 0.121 e. The minimum atomic E-state index is -0.581. The summed E-state index contributed by atoms with van der Waals surface area (Å²) in [6.07, 6.45) is 7.92. The molecular formula is C22H28O3. The van der Waals surface area contributed by atoms with Gasteiger partial charge in [0.05, 0.1) is 12.2 Å². The Labute approximate surface area is 150 Å². The number of hydrogen-bond donors (Lipinski definition) is 3. The standard InChI is InChI=1S/C22H28O3/c1-22(2,25)13-4-3-6-17-7-5-8-18(14-17)9-10-19-11-12-21(24)20(15-19)16-23/h5,7-12,14-15,23-25H,3-4,6,13,16H2,1-2H3/b10-9+. The molecule has 0 fully saturated rings. The largest absolute Gasteiger partial charge is 0.508 e. The summed E-state index contributed by atoms with van der Waals surface area (Å²) in [5.74, 6) is 0.118. The third kappa shape index (κ3) is 6.73. The second-order valence-electron chi connectivity index (χ2n) is 7.14. The quantitative estimate of drug-likeness (QED) is 0.488. The summed E-state index contributed by atoms with van der Waals surface area (Å²) >= 11 is 0. The molecule has 0 aliphatic carbocycles. The van der Waals surface area contributed by atoms with Crippen LogP contribution in [0.5, 0.6) is 5.75 Å². The van der Waals surface area contributed by atoms with E-state index in [1.54, 1.807) is 12.1 Å². The molecule has 0 spiro atoms. The zero-order valence-corrected chi connectivity index (χ0v) is 15.1. The molecular weight excluding hydrogens is 312 g/mol. The van der Waals surface area contributed by atoms with Crippen LogP contribution in [-0.2, 0) is 13.0 Å². The Balaban J connectivity index is 1.96. The van der Waals surface area contributed by atoms with Crippen molar-refractivity contribution in [3.05, 3.63) is 64.7 Å². The Bertz CT molecular complexity index is 711. The number of benzene rings is 2. The van der Waals surface area contributed by atoms with Crippen molar-refractivity contribution in [1.82, 2.24) is 0 Å². The van der Waals surface area contributed by atoms with Crippen LogP contribution in [0, 0.1) is 0 Å². The zero-order valence-electron chi connectivity index (χ0n) is 15.1. The first-order valence-corrected chi connectivity index (χ1v) is 8.79. The topological polar surface area (TPSA) is 60.7 Å². The minimum absolute atomic E-state index is 0.118. The molecule has 0 unspecified atom stereocenters. The highest BCUT2D eigenvalue weighted by molar-refractivity contribution is 5.70. The summed E-state index contributed by atoms with van der Waals surface area (Å²) in [7, 11) is 0. The molecule has 0 aliphatic heterocycles. The molecule has 0 bridgehead atoms. The van der Waals surface area contributed by atoms with Crippen molar-refractivity contribution in [2.75, 3.05) is 0 Å². The Hall–Kier alpha value is -2.10. The molecule has 0 amide bonds. The third-order valence-electron chi connectivity index (χ3n) is 4.20. The van der Waals surface area contributed by atoms with E-state index in [0.717, 1.165) is 36.8 Å². The van der Waals surface area contributed by atoms with Crippen LogP contribution in [0.4, 0.5) is 0 Å². The van der Waals surface area contributed by atoms with E-state index in [1.165, 1.54) is 5.56 Å². The first kappa shape index (κ1) is 19.2. The lowest BCUT2D eigenvalue weighted by molar-refractivity contribution is 0.0682. The Morgan fingerprint density at radius 2 is 1.68 bits per heavy atom. The molecule has 3 N–H and O–H groups in total. The van der Waals surface area contributed by atoms with Gasteiger partial charge < -0.3 is 15.3 Å². The molecule has 0 atom stereocenters. The molecule has 3 heteroatoms. The van der Waals surface area contributed by atoms with Crippen LogP contribution in [0.1, 0.15) is 55.4 Å². The Morgan fingerprint density at radius 3 is 2.36 bits per heavy atom. The molecule has 0 radical (unpaired) electrons. The van der Waals surface area contributed by atoms with Crippen molar-refractivity contribution in [3.63, 3.8) is 0 Å². The SMILES string of the molecule is CC(C)(O)CCCCc1cccc(/C=C/c2ccc(O)c(CO)c2)c1. The molecule has 25 heavy (non-hydrogen) atoms. The van der Waals surface area contributed by atoms with Gasteiger partial charge in [0, 0.05) is 5.56 Å². The number of phenols is 1. The number of aliphatic hydroxyl groups excluding tert-OH is 1. The fourth-order valence-electron chi connectivity index (χ4n) is 2.77. The number of unbranched alkanes of at least 4 members (excludes halogenated alkanes) is 1. The van der Waals surface area contributed by atoms with Gasteiger partial charge in [0.25, 0.3) is 0 Å². The normalized spacial score (nSPS) is 12.0. The second kappa shape index (κ2) is 8.84. The lowest BCUT2D eigenvalue weighted by Gasteiger charge is -2.16. The van der Waals surface area contributed by atoms with Crippen LogP contribution in [0.15, 0.2) is 42.5 Å². The maximum atomic E-state index is 9.75. The molecule has 0 saturated carbocycles. The van der Waals surface area contributed by atoms with Crippen molar-refractivity contribution in [1.29, 1.82) is 0 Å². The Kier molecular flexibility index (Phi) is 6.80. The van der Waals surface area contributed by atoms with Gasteiger partial charge in [-0.25, -0.2) is 0 Å². The first-order valence-electron chi connectivity index (χ1n) is 8.79. The van der Waals surface area contributed by atoms with Crippen molar-refractivity contribution in [2.24, 2.45) is 0 Å². The van der Waals surface area contributed by atoms with E-state index in [9.17, 15) is 15.3 Å². The van der Waals surface area contributed by atoms with Crippen LogP contribution in [-0.4, -0.2) is 20.9 Å². The molecule has 0 saturated heterocycles. The van der Waals surface area contributed by atoms with Crippen LogP contribution >= 0.6 is 0 Å². The molecule has 3 nitrogen and oxygen atoms in total. The number of rotatable bonds is 8. The highest BCUT2D eigenvalue weighted by Gasteiger charge is 2.11. The van der Waals surface area contributed by atoms with Crippen molar-refractivity contribution >= 4 is 12.2 Å². The summed E-state index contributed by atoms with van der Waals surface area (Å²) in [4.78, 5) is 0. The summed E-state index contributed by atoms with van der Waals surface area (Å²) in [6.45, 7) is 3.53. The lowest BCUT2D eigenvalue weighted by Crippen LogP contribution is -2.17. The number of aliphatic hydroxyl groups is 2. The van der Waals surface area contributed by atoms with E-state index in [4.69, 9.17) is 0 Å². The maximum absolute atomic E-state index is 9.75. The molecule has 134 valence electrons. The molecule has 0 aliphatic rings. The minimum Gasteiger partial charge on any atom is -0.508 e. The van der Waals surface area contributed by atoms with Crippen molar-refractivity contribution in [2.45, 2.75) is 51.7 Å². The van der Waals surface area contributed by atoms with Crippen LogP contribution < -0.4 is 0 Å². The highest BCUT2D eigenvalue weighted by atomic mass is 16.3. The smallest absolute Gasteiger partial charge is 0.121 e. The van der Waals surface area contributed by atoms with Gasteiger partial charge in [-0.15, -0.1) is 0 Å². The fourth-order valence-corrected chi connectivity index (χ4v) is 2.77. The summed E-state index contributed by atoms with van der Waals surface area (Å²) in [6, 6.07) is 13.6. The molecule has 0 heterocycles. The van der Waals surface area contributed by atoms with Crippen molar-refractivity contribution in [3.8, 4) is 5.75 Å². The van der Waals surface area contributed by atoms with Crippen LogP contribution in [0.25, 0.3) is 12.2 Å². The van der Waals surface area contributed by atoms with Gasteiger partial charge in [-0.2, -0.15) is 0 Å². The van der Waals surface area contributed by atoms with Gasteiger partial charge in [0.15, 0.2) is 0 Å². The third-order valence-corrected chi connectivity index (χ3v) is 4.20. The van der Waals surface area contributed by atoms with Crippen molar-refractivity contribution < 1.29 is 15.3 Å². The number of aromatic hydroxyl groups is 1. The van der Waals surface area contributed by atoms with Crippen LogP contribution in [0.3, 0.4) is 0 Å². The van der Waals surface area contributed by atoms with Gasteiger partial charge in [-0.05, 0) is 61.9 Å². The van der Waals surface area contributed by atoms with Gasteiger partial charge in [-0.1, -0.05) is 48.9 Å². The van der Waals surface area contributed by atoms with Gasteiger partial charge in [0.1, 0.15) is 5.75 Å². The molecule has 0 aromatic heterocycles. The molecule has 2 rings (SSSR count). The summed E-state index contributed by atoms with van der Waals surface area (Å²) in [5, 5.41) is 28.6. The van der Waals surface area contributed by atoms with Gasteiger partial charge >= 0.3 is 0 Å². The lowest BCUT2D eigenvalue weighted by atomic mass is 9.98. The molecule has 2 aromatic rings. The van der Waals surface area contributed by atoms with E-state index in [0.29, 0.717) is 5.56 Å². The summed E-state index contributed by atoms with van der Waals surface area (Å²) in [5.41, 5.74) is 3.31. The fraction of sp³-hybridized carbons (Fsp3) is 0.364. The van der Waals surface area contributed by atoms with E-state index < -0.39 is 5.60 Å². The monoisotopic (exact) mass is 340 g/mol. The zero-order chi connectivity index (χ0) is 18.3. The summed E-state index contributed by atoms with van der Waals surface area (Å²) < 4.78 is 0. The Morgan fingerprint density at radius 1 is 0.960 bits per heavy atom. The van der Waals surface area contributed by atoms with Gasteiger partial charge in [0.2, 0.25) is 0 Å². The number of hydrogen-bond acceptors (Lipinski definition) is 3. The molecule has 2 aromatic carbocycles. The average Bonchev–Trinajstić information content (AvgIpc) is 2.57. The second-order valence-corrected chi connectivity index (χ2v) is 7.14. The highest BCUT2D eigenvalue weighted by Crippen LogP contribution is 2.20. The predicted octanol–water partition coefficient (Wildman–Crippen LogP) is 4.54. The van der Waals surface area contributed by atoms with E-state index in [2.05, 4.69) is 24.3 Å². The number of aryl methyl sites for hydroxylation is 1.